The molecule has 0 bridgehead atoms. The summed E-state index contributed by atoms with van der Waals surface area (Å²) in [6.07, 6.45) is 4.59. The highest BCUT2D eigenvalue weighted by Gasteiger charge is 2.26. The predicted octanol–water partition coefficient (Wildman–Crippen LogP) is 1.11. The number of H-pyrrole nitrogens is 1. The van der Waals surface area contributed by atoms with Crippen LogP contribution >= 0.6 is 0 Å². The lowest BCUT2D eigenvalue weighted by Crippen LogP contribution is -2.36. The SMILES string of the molecule is CCNc1ccc(S(=O)(=O)N2CCCCC2)c[nH+]1. The van der Waals surface area contributed by atoms with Crippen molar-refractivity contribution in [2.45, 2.75) is 31.1 Å². The molecule has 0 radical (unpaired) electrons. The molecular weight excluding hydrogens is 250 g/mol. The summed E-state index contributed by atoms with van der Waals surface area (Å²) in [4.78, 5) is 3.31. The summed E-state index contributed by atoms with van der Waals surface area (Å²) < 4.78 is 26.3. The highest BCUT2D eigenvalue weighted by Crippen LogP contribution is 2.19. The molecule has 18 heavy (non-hydrogen) atoms. The zero-order valence-electron chi connectivity index (χ0n) is 10.6. The van der Waals surface area contributed by atoms with E-state index in [1.807, 2.05) is 6.92 Å². The summed E-state index contributed by atoms with van der Waals surface area (Å²) in [5, 5.41) is 3.10. The zero-order chi connectivity index (χ0) is 13.0. The van der Waals surface area contributed by atoms with Crippen LogP contribution in [0.4, 0.5) is 5.82 Å². The van der Waals surface area contributed by atoms with E-state index in [1.165, 1.54) is 0 Å². The zero-order valence-corrected chi connectivity index (χ0v) is 11.5. The van der Waals surface area contributed by atoms with Gasteiger partial charge in [-0.3, -0.25) is 5.32 Å². The highest BCUT2D eigenvalue weighted by molar-refractivity contribution is 7.89. The molecule has 1 aromatic heterocycles. The van der Waals surface area contributed by atoms with Crippen molar-refractivity contribution in [1.82, 2.24) is 4.31 Å². The molecule has 1 aliphatic rings. The van der Waals surface area contributed by atoms with Gasteiger partial charge in [-0.2, -0.15) is 4.31 Å². The summed E-state index contributed by atoms with van der Waals surface area (Å²) >= 11 is 0. The van der Waals surface area contributed by atoms with E-state index in [0.717, 1.165) is 31.6 Å². The molecule has 2 rings (SSSR count). The third kappa shape index (κ3) is 2.81. The van der Waals surface area contributed by atoms with Crippen LogP contribution in [-0.2, 0) is 10.0 Å². The summed E-state index contributed by atoms with van der Waals surface area (Å²) in [5.41, 5.74) is 0. The molecule has 0 amide bonds. The Bertz CT molecular complexity index is 479. The molecule has 0 atom stereocenters. The van der Waals surface area contributed by atoms with E-state index >= 15 is 0 Å². The molecule has 2 N–H and O–H groups in total. The van der Waals surface area contributed by atoms with E-state index in [9.17, 15) is 8.42 Å². The maximum Gasteiger partial charge on any atom is 0.272 e. The van der Waals surface area contributed by atoms with Gasteiger partial charge < -0.3 is 0 Å². The van der Waals surface area contributed by atoms with Crippen LogP contribution in [-0.4, -0.2) is 32.4 Å². The van der Waals surface area contributed by atoms with Crippen LogP contribution in [0.5, 0.6) is 0 Å². The van der Waals surface area contributed by atoms with Gasteiger partial charge in [0.1, 0.15) is 11.1 Å². The van der Waals surface area contributed by atoms with E-state index in [0.29, 0.717) is 18.0 Å². The average molecular weight is 270 g/mol. The van der Waals surface area contributed by atoms with Crippen molar-refractivity contribution in [3.05, 3.63) is 18.3 Å². The normalized spacial score (nSPS) is 17.6. The number of nitrogens with one attached hydrogen (secondary N) is 2. The number of hydrogen-bond donors (Lipinski definition) is 1. The minimum Gasteiger partial charge on any atom is -0.275 e. The first kappa shape index (κ1) is 13.3. The number of hydrogen-bond acceptors (Lipinski definition) is 3. The second-order valence-electron chi connectivity index (χ2n) is 4.43. The molecule has 0 unspecified atom stereocenters. The number of aromatic amines is 1. The molecular formula is C12H20N3O2S+. The summed E-state index contributed by atoms with van der Waals surface area (Å²) in [7, 11) is -3.32. The lowest BCUT2D eigenvalue weighted by atomic mass is 10.2. The van der Waals surface area contributed by atoms with E-state index in [2.05, 4.69) is 10.3 Å². The molecule has 0 aromatic carbocycles. The molecule has 0 saturated carbocycles. The van der Waals surface area contributed by atoms with Gasteiger partial charge in [0.15, 0.2) is 0 Å². The van der Waals surface area contributed by atoms with Crippen LogP contribution in [0.3, 0.4) is 0 Å². The fourth-order valence-electron chi connectivity index (χ4n) is 2.13. The Hall–Kier alpha value is -1.14. The molecule has 1 fully saturated rings. The van der Waals surface area contributed by atoms with Gasteiger partial charge in [0.05, 0.1) is 6.54 Å². The van der Waals surface area contributed by atoms with Gasteiger partial charge in [0.2, 0.25) is 10.0 Å². The first-order chi connectivity index (χ1) is 8.64. The van der Waals surface area contributed by atoms with Crippen molar-refractivity contribution in [3.8, 4) is 0 Å². The summed E-state index contributed by atoms with van der Waals surface area (Å²) in [6.45, 7) is 4.07. The van der Waals surface area contributed by atoms with Crippen molar-refractivity contribution in [1.29, 1.82) is 0 Å². The van der Waals surface area contributed by atoms with Crippen LogP contribution < -0.4 is 10.3 Å². The van der Waals surface area contributed by atoms with E-state index in [1.54, 1.807) is 22.6 Å². The van der Waals surface area contributed by atoms with Crippen LogP contribution in [0.15, 0.2) is 23.2 Å². The van der Waals surface area contributed by atoms with Crippen molar-refractivity contribution in [3.63, 3.8) is 0 Å². The van der Waals surface area contributed by atoms with E-state index in [4.69, 9.17) is 0 Å². The van der Waals surface area contributed by atoms with Crippen LogP contribution in [0, 0.1) is 0 Å². The van der Waals surface area contributed by atoms with Gasteiger partial charge in [-0.25, -0.2) is 13.4 Å². The topological polar surface area (TPSA) is 63.6 Å². The minimum atomic E-state index is -3.32. The fourth-order valence-corrected chi connectivity index (χ4v) is 3.61. The minimum absolute atomic E-state index is 0.339. The number of piperidine rings is 1. The van der Waals surface area contributed by atoms with Gasteiger partial charge in [0, 0.05) is 19.2 Å². The first-order valence-corrected chi connectivity index (χ1v) is 7.84. The Labute approximate surface area is 108 Å². The first-order valence-electron chi connectivity index (χ1n) is 6.40. The van der Waals surface area contributed by atoms with Crippen LogP contribution in [0.2, 0.25) is 0 Å². The largest absolute Gasteiger partial charge is 0.275 e. The molecule has 6 heteroatoms. The molecule has 1 aromatic rings. The van der Waals surface area contributed by atoms with Crippen molar-refractivity contribution in [2.75, 3.05) is 25.0 Å². The molecule has 100 valence electrons. The van der Waals surface area contributed by atoms with Crippen molar-refractivity contribution < 1.29 is 13.4 Å². The van der Waals surface area contributed by atoms with Gasteiger partial charge in [-0.1, -0.05) is 6.42 Å². The molecule has 5 nitrogen and oxygen atoms in total. The maximum absolute atomic E-state index is 12.3. The smallest absolute Gasteiger partial charge is 0.272 e. The summed E-state index contributed by atoms with van der Waals surface area (Å²) in [6, 6.07) is 3.42. The Kier molecular flexibility index (Phi) is 4.19. The number of sulfonamides is 1. The van der Waals surface area contributed by atoms with E-state index < -0.39 is 10.0 Å². The molecule has 1 aliphatic heterocycles. The molecule has 2 heterocycles. The number of rotatable bonds is 4. The molecule has 0 aliphatic carbocycles. The monoisotopic (exact) mass is 270 g/mol. The Balaban J connectivity index is 2.18. The Morgan fingerprint density at radius 3 is 2.56 bits per heavy atom. The lowest BCUT2D eigenvalue weighted by Gasteiger charge is -2.25. The number of anilines is 1. The van der Waals surface area contributed by atoms with Gasteiger partial charge in [-0.05, 0) is 25.8 Å². The second-order valence-corrected chi connectivity index (χ2v) is 6.37. The summed E-state index contributed by atoms with van der Waals surface area (Å²) in [5.74, 6) is 0.829. The van der Waals surface area contributed by atoms with E-state index in [-0.39, 0.29) is 0 Å². The van der Waals surface area contributed by atoms with Crippen LogP contribution in [0.25, 0.3) is 0 Å². The molecule has 0 spiro atoms. The fraction of sp³-hybridized carbons (Fsp3) is 0.583. The predicted molar refractivity (Wildman–Crippen MR) is 69.8 cm³/mol. The Morgan fingerprint density at radius 1 is 1.28 bits per heavy atom. The Morgan fingerprint density at radius 2 is 2.00 bits per heavy atom. The van der Waals surface area contributed by atoms with Gasteiger partial charge in [-0.15, -0.1) is 0 Å². The van der Waals surface area contributed by atoms with Crippen molar-refractivity contribution in [2.24, 2.45) is 0 Å². The maximum atomic E-state index is 12.3. The average Bonchev–Trinajstić information content (AvgIpc) is 2.41. The second kappa shape index (κ2) is 5.67. The highest BCUT2D eigenvalue weighted by atomic mass is 32.2. The molecule has 1 saturated heterocycles. The van der Waals surface area contributed by atoms with Crippen LogP contribution in [0.1, 0.15) is 26.2 Å². The number of pyridine rings is 1. The third-order valence-corrected chi connectivity index (χ3v) is 5.00. The quantitative estimate of drug-likeness (QED) is 0.891. The number of nitrogens with zero attached hydrogens (tertiary/aromatic N) is 1. The van der Waals surface area contributed by atoms with Crippen molar-refractivity contribution >= 4 is 15.8 Å². The standard InChI is InChI=1S/C12H19N3O2S/c1-2-13-12-7-6-11(10-14-12)18(16,17)15-8-4-3-5-9-15/h6-7,10H,2-5,8-9H2,1H3,(H,13,14)/p+1. The van der Waals surface area contributed by atoms with Gasteiger partial charge in [0.25, 0.3) is 5.82 Å². The third-order valence-electron chi connectivity index (χ3n) is 3.10. The lowest BCUT2D eigenvalue weighted by molar-refractivity contribution is -0.364. The van der Waals surface area contributed by atoms with Gasteiger partial charge >= 0.3 is 0 Å². The number of aromatic nitrogens is 1.